The van der Waals surface area contributed by atoms with E-state index in [-0.39, 0.29) is 5.56 Å². The van der Waals surface area contributed by atoms with Gasteiger partial charge < -0.3 is 9.30 Å². The SMILES string of the molecule is CCOc1ccc(-c2ccc(CS)c(=O)n2C)cc1. The molecule has 19 heavy (non-hydrogen) atoms. The fourth-order valence-corrected chi connectivity index (χ4v) is 2.23. The lowest BCUT2D eigenvalue weighted by Crippen LogP contribution is -2.21. The highest BCUT2D eigenvalue weighted by Crippen LogP contribution is 2.21. The molecule has 0 radical (unpaired) electrons. The molecule has 0 atom stereocenters. The van der Waals surface area contributed by atoms with Crippen molar-refractivity contribution in [3.05, 3.63) is 52.3 Å². The summed E-state index contributed by atoms with van der Waals surface area (Å²) in [4.78, 5) is 12.1. The van der Waals surface area contributed by atoms with Crippen LogP contribution in [-0.4, -0.2) is 11.2 Å². The van der Waals surface area contributed by atoms with Crippen LogP contribution >= 0.6 is 12.6 Å². The van der Waals surface area contributed by atoms with Crippen molar-refractivity contribution in [2.24, 2.45) is 7.05 Å². The molecular formula is C15H17NO2S. The van der Waals surface area contributed by atoms with Gasteiger partial charge in [0.05, 0.1) is 12.3 Å². The Morgan fingerprint density at radius 2 is 1.84 bits per heavy atom. The summed E-state index contributed by atoms with van der Waals surface area (Å²) in [6.45, 7) is 2.60. The van der Waals surface area contributed by atoms with Crippen LogP contribution < -0.4 is 10.3 Å². The second-order valence-corrected chi connectivity index (χ2v) is 4.54. The predicted octanol–water partition coefficient (Wildman–Crippen LogP) is 2.88. The smallest absolute Gasteiger partial charge is 0.254 e. The molecule has 1 heterocycles. The van der Waals surface area contributed by atoms with Crippen molar-refractivity contribution in [3.63, 3.8) is 0 Å². The number of aromatic nitrogens is 1. The third-order valence-electron chi connectivity index (χ3n) is 3.01. The van der Waals surface area contributed by atoms with Crippen molar-refractivity contribution in [2.75, 3.05) is 6.61 Å². The molecule has 0 bridgehead atoms. The summed E-state index contributed by atoms with van der Waals surface area (Å²) < 4.78 is 7.06. The van der Waals surface area contributed by atoms with Gasteiger partial charge in [-0.25, -0.2) is 0 Å². The lowest BCUT2D eigenvalue weighted by atomic mass is 10.1. The summed E-state index contributed by atoms with van der Waals surface area (Å²) in [6, 6.07) is 11.5. The third kappa shape index (κ3) is 2.84. The Morgan fingerprint density at radius 1 is 1.16 bits per heavy atom. The molecule has 2 rings (SSSR count). The molecule has 2 aromatic rings. The number of thiol groups is 1. The van der Waals surface area contributed by atoms with Crippen LogP contribution in [0.2, 0.25) is 0 Å². The van der Waals surface area contributed by atoms with E-state index in [1.165, 1.54) is 0 Å². The second-order valence-electron chi connectivity index (χ2n) is 4.22. The van der Waals surface area contributed by atoms with Gasteiger partial charge in [0, 0.05) is 18.4 Å². The molecule has 0 saturated heterocycles. The minimum absolute atomic E-state index is 0.00128. The minimum atomic E-state index is 0.00128. The first-order chi connectivity index (χ1) is 9.17. The van der Waals surface area contributed by atoms with E-state index < -0.39 is 0 Å². The Morgan fingerprint density at radius 3 is 2.42 bits per heavy atom. The van der Waals surface area contributed by atoms with E-state index in [9.17, 15) is 4.79 Å². The van der Waals surface area contributed by atoms with Crippen LogP contribution in [0.1, 0.15) is 12.5 Å². The van der Waals surface area contributed by atoms with Crippen LogP contribution in [0.25, 0.3) is 11.3 Å². The quantitative estimate of drug-likeness (QED) is 0.870. The van der Waals surface area contributed by atoms with Gasteiger partial charge in [0.1, 0.15) is 5.75 Å². The number of pyridine rings is 1. The summed E-state index contributed by atoms with van der Waals surface area (Å²) in [5.74, 6) is 1.29. The van der Waals surface area contributed by atoms with E-state index in [1.807, 2.05) is 43.3 Å². The molecule has 4 heteroatoms. The van der Waals surface area contributed by atoms with Gasteiger partial charge in [0.25, 0.3) is 5.56 Å². The van der Waals surface area contributed by atoms with Crippen molar-refractivity contribution in [2.45, 2.75) is 12.7 Å². The molecule has 3 nitrogen and oxygen atoms in total. The van der Waals surface area contributed by atoms with E-state index in [0.717, 1.165) is 17.0 Å². The van der Waals surface area contributed by atoms with Crippen molar-refractivity contribution < 1.29 is 4.74 Å². The van der Waals surface area contributed by atoms with Crippen LogP contribution in [-0.2, 0) is 12.8 Å². The number of nitrogens with zero attached hydrogens (tertiary/aromatic N) is 1. The van der Waals surface area contributed by atoms with Crippen LogP contribution in [0.4, 0.5) is 0 Å². The highest BCUT2D eigenvalue weighted by molar-refractivity contribution is 7.79. The van der Waals surface area contributed by atoms with Gasteiger partial charge in [-0.2, -0.15) is 12.6 Å². The fraction of sp³-hybridized carbons (Fsp3) is 0.267. The number of benzene rings is 1. The van der Waals surface area contributed by atoms with Crippen molar-refractivity contribution in [1.29, 1.82) is 0 Å². The zero-order valence-electron chi connectivity index (χ0n) is 11.1. The first-order valence-corrected chi connectivity index (χ1v) is 6.83. The number of rotatable bonds is 4. The van der Waals surface area contributed by atoms with Gasteiger partial charge in [-0.15, -0.1) is 0 Å². The maximum atomic E-state index is 12.1. The van der Waals surface area contributed by atoms with Gasteiger partial charge >= 0.3 is 0 Å². The first kappa shape index (κ1) is 13.7. The summed E-state index contributed by atoms with van der Waals surface area (Å²) in [5.41, 5.74) is 2.59. The lowest BCUT2D eigenvalue weighted by molar-refractivity contribution is 0.340. The first-order valence-electron chi connectivity index (χ1n) is 6.20. The van der Waals surface area contributed by atoms with Gasteiger partial charge in [0.2, 0.25) is 0 Å². The number of ether oxygens (including phenoxy) is 1. The minimum Gasteiger partial charge on any atom is -0.494 e. The standard InChI is InChI=1S/C15H17NO2S/c1-3-18-13-7-4-11(5-8-13)14-9-6-12(10-19)15(17)16(14)2/h4-9,19H,3,10H2,1-2H3. The molecule has 1 aromatic carbocycles. The van der Waals surface area contributed by atoms with Gasteiger partial charge in [-0.05, 0) is 42.8 Å². The molecule has 0 saturated carbocycles. The van der Waals surface area contributed by atoms with Crippen LogP contribution in [0.15, 0.2) is 41.2 Å². The molecule has 0 N–H and O–H groups in total. The van der Waals surface area contributed by atoms with Crippen molar-refractivity contribution in [1.82, 2.24) is 4.57 Å². The molecule has 0 aliphatic carbocycles. The molecule has 0 aliphatic rings. The van der Waals surface area contributed by atoms with Crippen LogP contribution in [0.3, 0.4) is 0 Å². The van der Waals surface area contributed by atoms with E-state index in [2.05, 4.69) is 12.6 Å². The Labute approximate surface area is 118 Å². The monoisotopic (exact) mass is 275 g/mol. The van der Waals surface area contributed by atoms with E-state index in [1.54, 1.807) is 11.6 Å². The second kappa shape index (κ2) is 5.97. The molecule has 100 valence electrons. The summed E-state index contributed by atoms with van der Waals surface area (Å²) in [6.07, 6.45) is 0. The Kier molecular flexibility index (Phi) is 4.32. The highest BCUT2D eigenvalue weighted by Gasteiger charge is 2.06. The third-order valence-corrected chi connectivity index (χ3v) is 3.36. The maximum absolute atomic E-state index is 12.1. The lowest BCUT2D eigenvalue weighted by Gasteiger charge is -2.10. The molecule has 1 aromatic heterocycles. The Balaban J connectivity index is 2.42. The Bertz CT molecular complexity index is 617. The number of hydrogen-bond donors (Lipinski definition) is 1. The topological polar surface area (TPSA) is 31.2 Å². The zero-order chi connectivity index (χ0) is 13.8. The average molecular weight is 275 g/mol. The van der Waals surface area contributed by atoms with Crippen LogP contribution in [0, 0.1) is 0 Å². The van der Waals surface area contributed by atoms with E-state index in [4.69, 9.17) is 4.74 Å². The van der Waals surface area contributed by atoms with Crippen molar-refractivity contribution in [3.8, 4) is 17.0 Å². The van der Waals surface area contributed by atoms with Gasteiger partial charge in [-0.3, -0.25) is 4.79 Å². The van der Waals surface area contributed by atoms with Gasteiger partial charge in [0.15, 0.2) is 0 Å². The largest absolute Gasteiger partial charge is 0.494 e. The maximum Gasteiger partial charge on any atom is 0.254 e. The normalized spacial score (nSPS) is 10.5. The molecule has 0 amide bonds. The van der Waals surface area contributed by atoms with Gasteiger partial charge in [-0.1, -0.05) is 6.07 Å². The van der Waals surface area contributed by atoms with Crippen LogP contribution in [0.5, 0.6) is 5.75 Å². The highest BCUT2D eigenvalue weighted by atomic mass is 32.1. The Hall–Kier alpha value is -1.68. The van der Waals surface area contributed by atoms with E-state index >= 15 is 0 Å². The molecule has 0 fully saturated rings. The summed E-state index contributed by atoms with van der Waals surface area (Å²) in [5, 5.41) is 0. The molecule has 0 aliphatic heterocycles. The molecule has 0 unspecified atom stereocenters. The fourth-order valence-electron chi connectivity index (χ4n) is 1.99. The predicted molar refractivity (Wildman–Crippen MR) is 81.0 cm³/mol. The molecule has 0 spiro atoms. The zero-order valence-corrected chi connectivity index (χ0v) is 12.0. The van der Waals surface area contributed by atoms with Crippen molar-refractivity contribution >= 4 is 12.6 Å². The summed E-state index contributed by atoms with van der Waals surface area (Å²) >= 11 is 4.16. The van der Waals surface area contributed by atoms with E-state index in [0.29, 0.717) is 17.9 Å². The molecular weight excluding hydrogens is 258 g/mol. The number of hydrogen-bond acceptors (Lipinski definition) is 3. The summed E-state index contributed by atoms with van der Waals surface area (Å²) in [7, 11) is 1.78. The average Bonchev–Trinajstić information content (AvgIpc) is 2.43.